The molecular formula is C25H27N3O3. The molecule has 1 N–H and O–H groups in total. The van der Waals surface area contributed by atoms with E-state index in [1.165, 1.54) is 0 Å². The number of hydrogen-bond donors (Lipinski definition) is 1. The lowest BCUT2D eigenvalue weighted by molar-refractivity contribution is -0.124. The lowest BCUT2D eigenvalue weighted by atomic mass is 9.96. The second-order valence-corrected chi connectivity index (χ2v) is 8.07. The number of aryl methyl sites for hydroxylation is 1. The van der Waals surface area contributed by atoms with Crippen LogP contribution in [-0.2, 0) is 22.5 Å². The summed E-state index contributed by atoms with van der Waals surface area (Å²) in [6, 6.07) is 15.1. The Morgan fingerprint density at radius 2 is 1.90 bits per heavy atom. The zero-order valence-electron chi connectivity index (χ0n) is 18.1. The highest BCUT2D eigenvalue weighted by Gasteiger charge is 2.28. The van der Waals surface area contributed by atoms with E-state index in [-0.39, 0.29) is 5.91 Å². The van der Waals surface area contributed by atoms with E-state index >= 15 is 0 Å². The van der Waals surface area contributed by atoms with Gasteiger partial charge in [0.15, 0.2) is 6.10 Å². The Balaban J connectivity index is 1.63. The van der Waals surface area contributed by atoms with Gasteiger partial charge in [-0.3, -0.25) is 9.78 Å². The van der Waals surface area contributed by atoms with E-state index in [0.29, 0.717) is 24.2 Å². The molecule has 6 heteroatoms. The van der Waals surface area contributed by atoms with Gasteiger partial charge in [-0.05, 0) is 38.6 Å². The maximum Gasteiger partial charge on any atom is 0.340 e. The second-order valence-electron chi connectivity index (χ2n) is 8.07. The number of aromatic nitrogens is 1. The molecule has 4 rings (SSSR count). The summed E-state index contributed by atoms with van der Waals surface area (Å²) in [5, 5.41) is 3.61. The van der Waals surface area contributed by atoms with Gasteiger partial charge in [0.1, 0.15) is 0 Å². The van der Waals surface area contributed by atoms with Gasteiger partial charge in [0, 0.05) is 41.8 Å². The molecule has 1 aliphatic rings. The number of amides is 1. The van der Waals surface area contributed by atoms with Crippen molar-refractivity contribution >= 4 is 28.5 Å². The number of para-hydroxylation sites is 1. The van der Waals surface area contributed by atoms with Gasteiger partial charge in [-0.2, -0.15) is 0 Å². The van der Waals surface area contributed by atoms with Gasteiger partial charge in [0.05, 0.1) is 11.1 Å². The van der Waals surface area contributed by atoms with Crippen LogP contribution in [0.4, 0.5) is 5.69 Å². The van der Waals surface area contributed by atoms with E-state index in [1.807, 2.05) is 69.4 Å². The Bertz CT molecular complexity index is 1120. The van der Waals surface area contributed by atoms with Gasteiger partial charge in [0.2, 0.25) is 0 Å². The molecule has 0 spiro atoms. The van der Waals surface area contributed by atoms with Crippen LogP contribution in [0.25, 0.3) is 10.9 Å². The standard InChI is InChI=1S/C25H27N3O3/c1-4-22(24(29)26-17-11-9-16(2)10-12-17)31-25(30)23-18-7-5-6-8-20(18)27-21-13-14-28(3)15-19(21)23/h5-12,22H,4,13-15H2,1-3H3,(H,26,29). The van der Waals surface area contributed by atoms with Crippen molar-refractivity contribution in [3.63, 3.8) is 0 Å². The largest absolute Gasteiger partial charge is 0.449 e. The quantitative estimate of drug-likeness (QED) is 0.633. The number of ether oxygens (including phenoxy) is 1. The van der Waals surface area contributed by atoms with Crippen molar-refractivity contribution < 1.29 is 14.3 Å². The molecule has 160 valence electrons. The van der Waals surface area contributed by atoms with Crippen molar-refractivity contribution in [3.8, 4) is 0 Å². The van der Waals surface area contributed by atoms with Crippen LogP contribution in [0.1, 0.15) is 40.5 Å². The highest BCUT2D eigenvalue weighted by molar-refractivity contribution is 6.06. The number of likely N-dealkylation sites (N-methyl/N-ethyl adjacent to an activating group) is 1. The molecule has 0 saturated heterocycles. The van der Waals surface area contributed by atoms with Crippen LogP contribution in [0.2, 0.25) is 0 Å². The van der Waals surface area contributed by atoms with Gasteiger partial charge in [0.25, 0.3) is 5.91 Å². The van der Waals surface area contributed by atoms with Crippen molar-refractivity contribution in [2.24, 2.45) is 0 Å². The van der Waals surface area contributed by atoms with Crippen molar-refractivity contribution in [3.05, 3.63) is 70.9 Å². The number of benzene rings is 2. The summed E-state index contributed by atoms with van der Waals surface area (Å²) in [4.78, 5) is 33.1. The smallest absolute Gasteiger partial charge is 0.340 e. The van der Waals surface area contributed by atoms with Gasteiger partial charge >= 0.3 is 5.97 Å². The SMILES string of the molecule is CCC(OC(=O)c1c2c(nc3ccccc13)CCN(C)C2)C(=O)Nc1ccc(C)cc1. The summed E-state index contributed by atoms with van der Waals surface area (Å²) in [5.41, 5.74) is 4.91. The van der Waals surface area contributed by atoms with Crippen molar-refractivity contribution in [1.29, 1.82) is 0 Å². The Kier molecular flexibility index (Phi) is 6.00. The molecule has 0 radical (unpaired) electrons. The minimum atomic E-state index is -0.877. The molecule has 0 aliphatic carbocycles. The zero-order chi connectivity index (χ0) is 22.0. The van der Waals surface area contributed by atoms with Gasteiger partial charge in [-0.25, -0.2) is 4.79 Å². The van der Waals surface area contributed by atoms with E-state index in [4.69, 9.17) is 9.72 Å². The molecule has 0 bridgehead atoms. The molecule has 6 nitrogen and oxygen atoms in total. The molecule has 1 atom stereocenters. The molecule has 1 aromatic heterocycles. The molecule has 1 amide bonds. The molecule has 31 heavy (non-hydrogen) atoms. The molecule has 0 fully saturated rings. The maximum atomic E-state index is 13.4. The summed E-state index contributed by atoms with van der Waals surface area (Å²) in [6.45, 7) is 5.34. The number of fused-ring (bicyclic) bond motifs is 2. The van der Waals surface area contributed by atoms with Gasteiger partial charge in [-0.15, -0.1) is 0 Å². The van der Waals surface area contributed by atoms with Crippen molar-refractivity contribution in [1.82, 2.24) is 9.88 Å². The molecule has 3 aromatic rings. The fourth-order valence-corrected chi connectivity index (χ4v) is 3.93. The number of anilines is 1. The predicted octanol–water partition coefficient (Wildman–Crippen LogP) is 4.11. The summed E-state index contributed by atoms with van der Waals surface area (Å²) in [5.74, 6) is -0.805. The molecule has 1 aliphatic heterocycles. The number of carbonyl (C=O) groups is 2. The van der Waals surface area contributed by atoms with E-state index in [0.717, 1.165) is 40.7 Å². The van der Waals surface area contributed by atoms with Crippen LogP contribution in [0.3, 0.4) is 0 Å². The lowest BCUT2D eigenvalue weighted by Crippen LogP contribution is -2.34. The van der Waals surface area contributed by atoms with Crippen LogP contribution in [-0.4, -0.2) is 41.5 Å². The first kappa shape index (κ1) is 21.0. The van der Waals surface area contributed by atoms with Gasteiger partial charge < -0.3 is 15.0 Å². The third-order valence-electron chi connectivity index (χ3n) is 5.67. The highest BCUT2D eigenvalue weighted by atomic mass is 16.5. The first-order valence-corrected chi connectivity index (χ1v) is 10.6. The number of esters is 1. The fraction of sp³-hybridized carbons (Fsp3) is 0.320. The average molecular weight is 418 g/mol. The van der Waals surface area contributed by atoms with Crippen molar-refractivity contribution in [2.75, 3.05) is 18.9 Å². The average Bonchev–Trinajstić information content (AvgIpc) is 2.77. The molecule has 2 aromatic carbocycles. The molecular weight excluding hydrogens is 390 g/mol. The number of hydrogen-bond acceptors (Lipinski definition) is 5. The van der Waals surface area contributed by atoms with Crippen LogP contribution in [0.5, 0.6) is 0 Å². The Morgan fingerprint density at radius 1 is 1.16 bits per heavy atom. The first-order valence-electron chi connectivity index (χ1n) is 10.6. The van der Waals surface area contributed by atoms with Crippen molar-refractivity contribution in [2.45, 2.75) is 39.3 Å². The Hall–Kier alpha value is -3.25. The number of pyridine rings is 1. The Labute approximate surface area is 182 Å². The van der Waals surface area contributed by atoms with Gasteiger partial charge in [-0.1, -0.05) is 42.8 Å². The summed E-state index contributed by atoms with van der Waals surface area (Å²) in [6.07, 6.45) is 0.286. The summed E-state index contributed by atoms with van der Waals surface area (Å²) >= 11 is 0. The third-order valence-corrected chi connectivity index (χ3v) is 5.67. The minimum absolute atomic E-state index is 0.330. The van der Waals surface area contributed by atoms with Crippen LogP contribution >= 0.6 is 0 Å². The van der Waals surface area contributed by atoms with E-state index in [1.54, 1.807) is 0 Å². The molecule has 2 heterocycles. The number of nitrogens with one attached hydrogen (secondary N) is 1. The zero-order valence-corrected chi connectivity index (χ0v) is 18.1. The van der Waals surface area contributed by atoms with Crippen LogP contribution in [0.15, 0.2) is 48.5 Å². The second kappa shape index (κ2) is 8.86. The van der Waals surface area contributed by atoms with E-state index in [2.05, 4.69) is 10.2 Å². The van der Waals surface area contributed by atoms with Crippen LogP contribution in [0, 0.1) is 6.92 Å². The number of carbonyl (C=O) groups excluding carboxylic acids is 2. The molecule has 1 unspecified atom stereocenters. The van der Waals surface area contributed by atoms with E-state index < -0.39 is 12.1 Å². The lowest BCUT2D eigenvalue weighted by Gasteiger charge is -2.27. The summed E-state index contributed by atoms with van der Waals surface area (Å²) < 4.78 is 5.76. The predicted molar refractivity (Wildman–Crippen MR) is 121 cm³/mol. The minimum Gasteiger partial charge on any atom is -0.449 e. The van der Waals surface area contributed by atoms with Crippen LogP contribution < -0.4 is 5.32 Å². The topological polar surface area (TPSA) is 71.5 Å². The summed E-state index contributed by atoms with van der Waals surface area (Å²) in [7, 11) is 2.02. The first-order chi connectivity index (χ1) is 15.0. The third kappa shape index (κ3) is 4.44. The number of nitrogens with zero attached hydrogens (tertiary/aromatic N) is 2. The normalized spacial score (nSPS) is 14.7. The molecule has 0 saturated carbocycles. The number of rotatable bonds is 5. The van der Waals surface area contributed by atoms with E-state index in [9.17, 15) is 9.59 Å². The Morgan fingerprint density at radius 3 is 2.65 bits per heavy atom. The monoisotopic (exact) mass is 417 g/mol. The highest BCUT2D eigenvalue weighted by Crippen LogP contribution is 2.29. The maximum absolute atomic E-state index is 13.4. The fourth-order valence-electron chi connectivity index (χ4n) is 3.93.